The van der Waals surface area contributed by atoms with Crippen molar-refractivity contribution in [2.75, 3.05) is 5.32 Å². The van der Waals surface area contributed by atoms with Crippen LogP contribution in [0.2, 0.25) is 0 Å². The molecule has 1 aromatic carbocycles. The molecular formula is C23H23F2N5O. The highest BCUT2D eigenvalue weighted by Crippen LogP contribution is 2.64. The van der Waals surface area contributed by atoms with Gasteiger partial charge in [-0.3, -0.25) is 0 Å². The molecule has 6 nitrogen and oxygen atoms in total. The van der Waals surface area contributed by atoms with Crippen molar-refractivity contribution in [3.63, 3.8) is 0 Å². The molecule has 6 atom stereocenters. The monoisotopic (exact) mass is 423 g/mol. The molecule has 0 saturated heterocycles. The van der Waals surface area contributed by atoms with E-state index in [0.717, 1.165) is 30.2 Å². The molecule has 2 N–H and O–H groups in total. The van der Waals surface area contributed by atoms with Gasteiger partial charge in [-0.05, 0) is 42.7 Å². The highest BCUT2D eigenvalue weighted by molar-refractivity contribution is 5.75. The number of anilines is 1. The number of pyridine rings is 1. The van der Waals surface area contributed by atoms with Crippen molar-refractivity contribution in [1.82, 2.24) is 18.9 Å². The number of aliphatic hydroxyl groups excluding tert-OH is 1. The van der Waals surface area contributed by atoms with E-state index in [1.54, 1.807) is 12.5 Å². The third-order valence-corrected chi connectivity index (χ3v) is 7.31. The maximum atomic E-state index is 13.7. The van der Waals surface area contributed by atoms with Crippen LogP contribution in [0.4, 0.5) is 14.5 Å². The summed E-state index contributed by atoms with van der Waals surface area (Å²) in [6.07, 6.45) is 8.54. The summed E-state index contributed by atoms with van der Waals surface area (Å²) in [6, 6.07) is 6.48. The molecule has 3 aromatic heterocycles. The molecule has 2 unspecified atom stereocenters. The van der Waals surface area contributed by atoms with Gasteiger partial charge >= 0.3 is 0 Å². The van der Waals surface area contributed by atoms with E-state index in [-0.39, 0.29) is 12.0 Å². The molecule has 0 bridgehead atoms. The van der Waals surface area contributed by atoms with Crippen LogP contribution in [0.5, 0.6) is 0 Å². The van der Waals surface area contributed by atoms with Gasteiger partial charge in [0.05, 0.1) is 23.0 Å². The molecule has 2 saturated carbocycles. The smallest absolute Gasteiger partial charge is 0.161 e. The summed E-state index contributed by atoms with van der Waals surface area (Å²) < 4.78 is 31.1. The summed E-state index contributed by atoms with van der Waals surface area (Å²) in [5.41, 5.74) is 2.85. The standard InChI is InChI=1S/C23H23F2N5O/c1-12(23(31)28-13-2-3-21-26-4-5-29(21)10-13)22-15-6-14(7-16(15)22)30-11-27-19-8-17(24)18(25)9-20(19)30/h2-5,8-12,14-16,22-23,28,31H,6-7H2,1H3/t12?,14-,15-,16+,22+,23?. The van der Waals surface area contributed by atoms with Crippen molar-refractivity contribution >= 4 is 22.4 Å². The number of hydrogen-bond donors (Lipinski definition) is 2. The second-order valence-electron chi connectivity index (χ2n) is 9.00. The van der Waals surface area contributed by atoms with Crippen LogP contribution < -0.4 is 5.32 Å². The van der Waals surface area contributed by atoms with Gasteiger partial charge in [0.1, 0.15) is 11.9 Å². The lowest BCUT2D eigenvalue weighted by Gasteiger charge is -2.24. The van der Waals surface area contributed by atoms with Crippen molar-refractivity contribution in [1.29, 1.82) is 0 Å². The normalized spacial score (nSPS) is 26.8. The fraction of sp³-hybridized carbons (Fsp3) is 0.391. The van der Waals surface area contributed by atoms with Gasteiger partial charge in [0.2, 0.25) is 0 Å². The molecule has 4 aromatic rings. The summed E-state index contributed by atoms with van der Waals surface area (Å²) in [5.74, 6) is -0.0626. The first kappa shape index (κ1) is 18.7. The van der Waals surface area contributed by atoms with E-state index >= 15 is 0 Å². The van der Waals surface area contributed by atoms with Gasteiger partial charge in [0, 0.05) is 42.7 Å². The van der Waals surface area contributed by atoms with Crippen LogP contribution in [-0.4, -0.2) is 30.3 Å². The van der Waals surface area contributed by atoms with Crippen LogP contribution in [0.25, 0.3) is 16.7 Å². The van der Waals surface area contributed by atoms with Gasteiger partial charge in [0.25, 0.3) is 0 Å². The van der Waals surface area contributed by atoms with Crippen LogP contribution in [0.15, 0.2) is 49.2 Å². The molecule has 0 spiro atoms. The number of rotatable bonds is 5. The number of imidazole rings is 2. The van der Waals surface area contributed by atoms with Crippen molar-refractivity contribution in [3.05, 3.63) is 60.8 Å². The summed E-state index contributed by atoms with van der Waals surface area (Å²) >= 11 is 0. The SMILES string of the molecule is CC(C(O)Nc1ccc2nccn2c1)[C@H]1[C@@H]2C[C@@H](n3cnc4cc(F)c(F)cc43)C[C@@H]21. The Morgan fingerprint density at radius 3 is 2.71 bits per heavy atom. The molecule has 0 amide bonds. The first-order valence-electron chi connectivity index (χ1n) is 10.7. The molecular weight excluding hydrogens is 400 g/mol. The molecule has 2 aliphatic rings. The Balaban J connectivity index is 1.12. The van der Waals surface area contributed by atoms with Crippen LogP contribution in [0.3, 0.4) is 0 Å². The number of nitrogens with zero attached hydrogens (tertiary/aromatic N) is 4. The summed E-state index contributed by atoms with van der Waals surface area (Å²) in [4.78, 5) is 8.49. The van der Waals surface area contributed by atoms with Crippen molar-refractivity contribution in [2.24, 2.45) is 23.7 Å². The number of hydrogen-bond acceptors (Lipinski definition) is 4. The van der Waals surface area contributed by atoms with Crippen molar-refractivity contribution in [3.8, 4) is 0 Å². The van der Waals surface area contributed by atoms with Crippen LogP contribution in [0, 0.1) is 35.3 Å². The zero-order valence-electron chi connectivity index (χ0n) is 17.0. The largest absolute Gasteiger partial charge is 0.374 e. The van der Waals surface area contributed by atoms with Crippen LogP contribution in [-0.2, 0) is 0 Å². The first-order chi connectivity index (χ1) is 15.0. The highest BCUT2D eigenvalue weighted by atomic mass is 19.2. The van der Waals surface area contributed by atoms with E-state index in [0.29, 0.717) is 28.8 Å². The van der Waals surface area contributed by atoms with E-state index in [4.69, 9.17) is 0 Å². The van der Waals surface area contributed by atoms with Crippen molar-refractivity contribution in [2.45, 2.75) is 32.0 Å². The summed E-state index contributed by atoms with van der Waals surface area (Å²) in [6.45, 7) is 2.09. The third kappa shape index (κ3) is 3.00. The van der Waals surface area contributed by atoms with Crippen LogP contribution in [0.1, 0.15) is 25.8 Å². The van der Waals surface area contributed by atoms with Gasteiger partial charge in [0.15, 0.2) is 11.6 Å². The Labute approximate surface area is 177 Å². The van der Waals surface area contributed by atoms with E-state index in [1.165, 1.54) is 6.07 Å². The number of benzene rings is 1. The second-order valence-corrected chi connectivity index (χ2v) is 9.00. The third-order valence-electron chi connectivity index (χ3n) is 7.31. The minimum atomic E-state index is -0.866. The van der Waals surface area contributed by atoms with E-state index in [1.807, 2.05) is 33.5 Å². The number of nitrogens with one attached hydrogen (secondary N) is 1. The average molecular weight is 423 g/mol. The van der Waals surface area contributed by atoms with Gasteiger partial charge < -0.3 is 19.4 Å². The molecule has 3 heterocycles. The lowest BCUT2D eigenvalue weighted by Crippen LogP contribution is -2.29. The first-order valence-corrected chi connectivity index (χ1v) is 10.7. The van der Waals surface area contributed by atoms with Gasteiger partial charge in [-0.2, -0.15) is 0 Å². The maximum Gasteiger partial charge on any atom is 0.161 e. The Morgan fingerprint density at radius 1 is 1.13 bits per heavy atom. The summed E-state index contributed by atoms with van der Waals surface area (Å²) in [5, 5.41) is 14.0. The van der Waals surface area contributed by atoms with E-state index in [2.05, 4.69) is 22.2 Å². The Bertz CT molecular complexity index is 1270. The quantitative estimate of drug-likeness (QED) is 0.472. The summed E-state index contributed by atoms with van der Waals surface area (Å²) in [7, 11) is 0. The Kier molecular flexibility index (Phi) is 4.08. The minimum absolute atomic E-state index is 0.112. The Morgan fingerprint density at radius 2 is 1.90 bits per heavy atom. The predicted octanol–water partition coefficient (Wildman–Crippen LogP) is 4.23. The fourth-order valence-electron chi connectivity index (χ4n) is 5.70. The minimum Gasteiger partial charge on any atom is -0.374 e. The van der Waals surface area contributed by atoms with Gasteiger partial charge in [-0.25, -0.2) is 18.7 Å². The number of aromatic nitrogens is 4. The van der Waals surface area contributed by atoms with E-state index in [9.17, 15) is 13.9 Å². The van der Waals surface area contributed by atoms with Gasteiger partial charge in [-0.15, -0.1) is 0 Å². The zero-order valence-corrected chi connectivity index (χ0v) is 17.0. The zero-order chi connectivity index (χ0) is 21.3. The van der Waals surface area contributed by atoms with Gasteiger partial charge in [-0.1, -0.05) is 6.92 Å². The molecule has 0 aliphatic heterocycles. The molecule has 6 rings (SSSR count). The number of halogens is 2. The highest BCUT2D eigenvalue weighted by Gasteiger charge is 2.59. The molecule has 160 valence electrons. The number of aliphatic hydroxyl groups is 1. The predicted molar refractivity (Wildman–Crippen MR) is 112 cm³/mol. The molecule has 2 fully saturated rings. The number of fused-ring (bicyclic) bond motifs is 3. The molecule has 2 aliphatic carbocycles. The second kappa shape index (κ2) is 6.75. The van der Waals surface area contributed by atoms with Crippen molar-refractivity contribution < 1.29 is 13.9 Å². The average Bonchev–Trinajstić information content (AvgIpc) is 3.18. The van der Waals surface area contributed by atoms with E-state index < -0.39 is 17.9 Å². The molecule has 31 heavy (non-hydrogen) atoms. The Hall–Kier alpha value is -3.00. The topological polar surface area (TPSA) is 67.4 Å². The fourth-order valence-corrected chi connectivity index (χ4v) is 5.70. The lowest BCUT2D eigenvalue weighted by atomic mass is 9.95. The van der Waals surface area contributed by atoms with Crippen LogP contribution >= 0.6 is 0 Å². The molecule has 8 heteroatoms. The molecule has 0 radical (unpaired) electrons. The maximum absolute atomic E-state index is 13.7. The lowest BCUT2D eigenvalue weighted by molar-refractivity contribution is 0.120.